The Balaban J connectivity index is 1.51. The predicted molar refractivity (Wildman–Crippen MR) is 128 cm³/mol. The van der Waals surface area contributed by atoms with Crippen molar-refractivity contribution >= 4 is 11.6 Å². The van der Waals surface area contributed by atoms with Crippen molar-refractivity contribution in [1.82, 2.24) is 20.2 Å². The van der Waals surface area contributed by atoms with Crippen LogP contribution in [-0.4, -0.2) is 85.4 Å². The van der Waals surface area contributed by atoms with Gasteiger partial charge < -0.3 is 25.8 Å². The van der Waals surface area contributed by atoms with Crippen LogP contribution in [0.4, 0.5) is 20.4 Å². The third-order valence-electron chi connectivity index (χ3n) is 6.61. The molecule has 0 aliphatic carbocycles. The summed E-state index contributed by atoms with van der Waals surface area (Å²) < 4.78 is 31.2. The number of ether oxygens (including phenoxy) is 1. The van der Waals surface area contributed by atoms with E-state index in [0.29, 0.717) is 37.0 Å². The van der Waals surface area contributed by atoms with E-state index in [1.54, 1.807) is 7.05 Å². The molecule has 4 rings (SSSR count). The van der Waals surface area contributed by atoms with E-state index in [9.17, 15) is 13.9 Å². The molecule has 2 fully saturated rings. The van der Waals surface area contributed by atoms with Gasteiger partial charge in [-0.15, -0.1) is 0 Å². The fraction of sp³-hybridized carbons (Fsp3) is 0.583. The Bertz CT molecular complexity index is 986. The smallest absolute Gasteiger partial charge is 0.251 e. The summed E-state index contributed by atoms with van der Waals surface area (Å²) in [5, 5.41) is 12.8. The summed E-state index contributed by atoms with van der Waals surface area (Å²) in [5.74, 6) is 2.34. The van der Waals surface area contributed by atoms with Crippen LogP contribution in [0, 0.1) is 12.3 Å². The molecule has 4 N–H and O–H groups in total. The second-order valence-corrected chi connectivity index (χ2v) is 9.52. The van der Waals surface area contributed by atoms with Gasteiger partial charge in [-0.25, -0.2) is 18.7 Å². The van der Waals surface area contributed by atoms with Gasteiger partial charge in [0.2, 0.25) is 0 Å². The molecule has 0 amide bonds. The van der Waals surface area contributed by atoms with E-state index < -0.39 is 12.5 Å². The number of nitrogens with one attached hydrogen (secondary N) is 1. The molecule has 10 heteroatoms. The average Bonchev–Trinajstić information content (AvgIpc) is 2.78. The summed E-state index contributed by atoms with van der Waals surface area (Å²) in [4.78, 5) is 13.4. The predicted octanol–water partition coefficient (Wildman–Crippen LogP) is 2.16. The first-order valence-corrected chi connectivity index (χ1v) is 11.7. The Morgan fingerprint density at radius 2 is 2.06 bits per heavy atom. The van der Waals surface area contributed by atoms with E-state index in [1.165, 1.54) is 0 Å². The molecule has 2 aliphatic rings. The number of aliphatic hydroxyl groups excluding tert-OH is 1. The van der Waals surface area contributed by atoms with Crippen LogP contribution < -0.4 is 20.7 Å². The summed E-state index contributed by atoms with van der Waals surface area (Å²) in [5.41, 5.74) is 7.91. The van der Waals surface area contributed by atoms with Gasteiger partial charge in [0.15, 0.2) is 5.82 Å². The Morgan fingerprint density at radius 3 is 2.79 bits per heavy atom. The third kappa shape index (κ3) is 5.56. The van der Waals surface area contributed by atoms with Crippen molar-refractivity contribution in [3.8, 4) is 17.1 Å². The van der Waals surface area contributed by atoms with Crippen LogP contribution in [0.5, 0.6) is 5.75 Å². The average molecular weight is 477 g/mol. The summed E-state index contributed by atoms with van der Waals surface area (Å²) >= 11 is 0. The number of alkyl halides is 2. The van der Waals surface area contributed by atoms with Gasteiger partial charge in [0, 0.05) is 49.3 Å². The van der Waals surface area contributed by atoms with Crippen molar-refractivity contribution in [2.24, 2.45) is 5.41 Å². The number of likely N-dealkylation sites (N-methyl/N-ethyl adjacent to an activating group) is 1. The third-order valence-corrected chi connectivity index (χ3v) is 6.61. The molecule has 2 saturated heterocycles. The number of nitrogens with two attached hydrogens (primary N) is 1. The minimum atomic E-state index is -2.30. The lowest BCUT2D eigenvalue weighted by atomic mass is 9.73. The number of anilines is 2. The molecule has 1 aromatic heterocycles. The fourth-order valence-electron chi connectivity index (χ4n) is 5.04. The van der Waals surface area contributed by atoms with Gasteiger partial charge in [-0.1, -0.05) is 12.1 Å². The summed E-state index contributed by atoms with van der Waals surface area (Å²) in [6.45, 7) is 5.38. The maximum atomic E-state index is 12.8. The van der Waals surface area contributed by atoms with Crippen LogP contribution in [0.3, 0.4) is 0 Å². The molecule has 1 unspecified atom stereocenters. The van der Waals surface area contributed by atoms with E-state index in [1.807, 2.05) is 36.1 Å². The second kappa shape index (κ2) is 10.4. The van der Waals surface area contributed by atoms with Crippen molar-refractivity contribution in [1.29, 1.82) is 0 Å². The highest BCUT2D eigenvalue weighted by Gasteiger charge is 2.46. The van der Waals surface area contributed by atoms with Crippen molar-refractivity contribution < 1.29 is 18.6 Å². The number of aliphatic hydroxyl groups is 1. The fourth-order valence-corrected chi connectivity index (χ4v) is 5.04. The maximum Gasteiger partial charge on any atom is 0.251 e. The standard InChI is InChI=1S/C24H34F2N6O2/c1-16-21(27)29-22(17-5-3-6-19(9-17)34-12-18(33)10-28-2)30-23(16)32-8-4-7-24(15-32)13-31(14-24)11-20(25)26/h3,5-6,9,18,20,28,33H,4,7-8,10-15H2,1-2H3,(H2,27,29,30). The zero-order chi connectivity index (χ0) is 24.3. The van der Waals surface area contributed by atoms with Crippen LogP contribution >= 0.6 is 0 Å². The summed E-state index contributed by atoms with van der Waals surface area (Å²) in [7, 11) is 1.77. The van der Waals surface area contributed by atoms with Crippen LogP contribution in [0.2, 0.25) is 0 Å². The van der Waals surface area contributed by atoms with Gasteiger partial charge in [-0.05, 0) is 38.9 Å². The first kappa shape index (κ1) is 24.6. The number of likely N-dealkylation sites (tertiary alicyclic amines) is 1. The van der Waals surface area contributed by atoms with Crippen LogP contribution in [0.25, 0.3) is 11.4 Å². The lowest BCUT2D eigenvalue weighted by molar-refractivity contribution is -0.0426. The molecular weight excluding hydrogens is 442 g/mol. The molecule has 1 spiro atoms. The number of hydrogen-bond acceptors (Lipinski definition) is 8. The Labute approximate surface area is 199 Å². The molecule has 0 radical (unpaired) electrons. The summed E-state index contributed by atoms with van der Waals surface area (Å²) in [6, 6.07) is 7.42. The van der Waals surface area contributed by atoms with E-state index in [-0.39, 0.29) is 18.6 Å². The second-order valence-electron chi connectivity index (χ2n) is 9.52. The highest BCUT2D eigenvalue weighted by molar-refractivity contribution is 5.66. The minimum absolute atomic E-state index is 0.0292. The SMILES string of the molecule is CNCC(O)COc1cccc(-c2nc(N)c(C)c(N3CCCC4(CN(CC(F)F)C4)C3)n2)c1. The molecule has 1 aromatic carbocycles. The molecule has 0 bridgehead atoms. The number of hydrogen-bond donors (Lipinski definition) is 3. The molecule has 0 saturated carbocycles. The molecule has 8 nitrogen and oxygen atoms in total. The molecular formula is C24H34F2N6O2. The molecule has 3 heterocycles. The van der Waals surface area contributed by atoms with Crippen molar-refractivity contribution in [3.63, 3.8) is 0 Å². The van der Waals surface area contributed by atoms with Crippen LogP contribution in [-0.2, 0) is 0 Å². The van der Waals surface area contributed by atoms with Gasteiger partial charge in [0.05, 0.1) is 6.54 Å². The number of aromatic nitrogens is 2. The van der Waals surface area contributed by atoms with E-state index >= 15 is 0 Å². The number of nitrogen functional groups attached to an aromatic ring is 1. The van der Waals surface area contributed by atoms with E-state index in [4.69, 9.17) is 15.5 Å². The quantitative estimate of drug-likeness (QED) is 0.507. The van der Waals surface area contributed by atoms with Gasteiger partial charge in [0.25, 0.3) is 6.43 Å². The van der Waals surface area contributed by atoms with Crippen molar-refractivity contribution in [3.05, 3.63) is 29.8 Å². The molecule has 2 aromatic rings. The Hall–Kier alpha value is -2.56. The molecule has 34 heavy (non-hydrogen) atoms. The van der Waals surface area contributed by atoms with Crippen LogP contribution in [0.1, 0.15) is 18.4 Å². The largest absolute Gasteiger partial charge is 0.491 e. The summed E-state index contributed by atoms with van der Waals surface area (Å²) in [6.07, 6.45) is -0.885. The van der Waals surface area contributed by atoms with E-state index in [2.05, 4.69) is 15.2 Å². The van der Waals surface area contributed by atoms with E-state index in [0.717, 1.165) is 42.9 Å². The normalized spacial score (nSPS) is 18.8. The molecule has 2 aliphatic heterocycles. The highest BCUT2D eigenvalue weighted by Crippen LogP contribution is 2.41. The van der Waals surface area contributed by atoms with Crippen LogP contribution in [0.15, 0.2) is 24.3 Å². The first-order valence-electron chi connectivity index (χ1n) is 11.7. The number of halogens is 2. The van der Waals surface area contributed by atoms with Crippen molar-refractivity contribution in [2.45, 2.75) is 32.3 Å². The number of nitrogens with zero attached hydrogens (tertiary/aromatic N) is 4. The lowest BCUT2D eigenvalue weighted by Crippen LogP contribution is -2.63. The highest BCUT2D eigenvalue weighted by atomic mass is 19.3. The van der Waals surface area contributed by atoms with Crippen molar-refractivity contribution in [2.75, 3.05) is 63.6 Å². The van der Waals surface area contributed by atoms with Gasteiger partial charge in [-0.3, -0.25) is 4.90 Å². The van der Waals surface area contributed by atoms with Gasteiger partial charge in [-0.2, -0.15) is 0 Å². The number of benzene rings is 1. The molecule has 1 atom stereocenters. The Kier molecular flexibility index (Phi) is 7.49. The Morgan fingerprint density at radius 1 is 1.26 bits per heavy atom. The molecule has 186 valence electrons. The lowest BCUT2D eigenvalue weighted by Gasteiger charge is -2.55. The monoisotopic (exact) mass is 476 g/mol. The first-order chi connectivity index (χ1) is 16.3. The zero-order valence-corrected chi connectivity index (χ0v) is 19.8. The maximum absolute atomic E-state index is 12.8. The van der Waals surface area contributed by atoms with Gasteiger partial charge in [0.1, 0.15) is 30.1 Å². The minimum Gasteiger partial charge on any atom is -0.491 e. The number of piperidine rings is 1. The zero-order valence-electron chi connectivity index (χ0n) is 19.8. The number of rotatable bonds is 9. The van der Waals surface area contributed by atoms with Gasteiger partial charge >= 0.3 is 0 Å². The topological polar surface area (TPSA) is 99.8 Å².